The predicted molar refractivity (Wildman–Crippen MR) is 114 cm³/mol. The molecule has 0 aliphatic carbocycles. The molecule has 0 bridgehead atoms. The second-order valence-electron chi connectivity index (χ2n) is 6.75. The number of aromatic amines is 1. The minimum atomic E-state index is -0.529. The van der Waals surface area contributed by atoms with Gasteiger partial charge in [-0.3, -0.25) is 9.59 Å². The van der Waals surface area contributed by atoms with Crippen molar-refractivity contribution < 1.29 is 23.1 Å². The van der Waals surface area contributed by atoms with Crippen molar-refractivity contribution >= 4 is 34.1 Å². The van der Waals surface area contributed by atoms with Crippen molar-refractivity contribution in [2.75, 3.05) is 17.7 Å². The zero-order chi connectivity index (χ0) is 22.0. The number of carbonyl (C=O) groups excluding carboxylic acids is 2. The molecule has 6 nitrogen and oxygen atoms in total. The number of amides is 2. The number of benzene rings is 3. The Labute approximate surface area is 175 Å². The van der Waals surface area contributed by atoms with Gasteiger partial charge in [0.15, 0.2) is 0 Å². The molecular weight excluding hydrogens is 404 g/mol. The van der Waals surface area contributed by atoms with E-state index >= 15 is 0 Å². The molecule has 1 heterocycles. The summed E-state index contributed by atoms with van der Waals surface area (Å²) in [6, 6.07) is 15.7. The summed E-state index contributed by atoms with van der Waals surface area (Å²) in [5.74, 6) is -1.53. The minimum absolute atomic E-state index is 0.141. The third kappa shape index (κ3) is 4.37. The fraction of sp³-hybridized carbons (Fsp3) is 0.0435. The molecule has 4 aromatic rings. The molecule has 0 aliphatic heterocycles. The summed E-state index contributed by atoms with van der Waals surface area (Å²) >= 11 is 0. The van der Waals surface area contributed by atoms with Crippen LogP contribution in [0, 0.1) is 11.6 Å². The Morgan fingerprint density at radius 2 is 1.68 bits per heavy atom. The summed E-state index contributed by atoms with van der Waals surface area (Å²) in [4.78, 5) is 28.0. The minimum Gasteiger partial charge on any atom is -0.495 e. The van der Waals surface area contributed by atoms with Gasteiger partial charge in [0, 0.05) is 22.2 Å². The van der Waals surface area contributed by atoms with Crippen LogP contribution in [0.25, 0.3) is 10.9 Å². The molecule has 4 rings (SSSR count). The summed E-state index contributed by atoms with van der Waals surface area (Å²) in [7, 11) is 1.44. The molecule has 31 heavy (non-hydrogen) atoms. The number of fused-ring (bicyclic) bond motifs is 1. The van der Waals surface area contributed by atoms with Gasteiger partial charge in [-0.25, -0.2) is 8.78 Å². The maximum atomic E-state index is 13.4. The summed E-state index contributed by atoms with van der Waals surface area (Å²) in [5.41, 5.74) is 1.71. The molecule has 0 saturated carbocycles. The highest BCUT2D eigenvalue weighted by Gasteiger charge is 2.14. The predicted octanol–water partition coefficient (Wildman–Crippen LogP) is 4.96. The molecule has 0 spiro atoms. The Bertz CT molecular complexity index is 1300. The first-order valence-electron chi connectivity index (χ1n) is 9.27. The van der Waals surface area contributed by atoms with Gasteiger partial charge in [-0.1, -0.05) is 6.07 Å². The van der Waals surface area contributed by atoms with Crippen LogP contribution < -0.4 is 15.4 Å². The number of hydrogen-bond donors (Lipinski definition) is 3. The van der Waals surface area contributed by atoms with E-state index in [4.69, 9.17) is 4.74 Å². The molecule has 0 radical (unpaired) electrons. The van der Waals surface area contributed by atoms with Crippen LogP contribution in [0.4, 0.5) is 20.2 Å². The van der Waals surface area contributed by atoms with Gasteiger partial charge in [-0.05, 0) is 60.7 Å². The number of nitrogens with one attached hydrogen (secondary N) is 3. The van der Waals surface area contributed by atoms with E-state index in [9.17, 15) is 18.4 Å². The van der Waals surface area contributed by atoms with E-state index in [2.05, 4.69) is 15.6 Å². The number of anilines is 2. The van der Waals surface area contributed by atoms with E-state index in [0.717, 1.165) is 6.07 Å². The highest BCUT2D eigenvalue weighted by Crippen LogP contribution is 2.29. The number of hydrogen-bond acceptors (Lipinski definition) is 3. The van der Waals surface area contributed by atoms with Crippen molar-refractivity contribution in [2.24, 2.45) is 0 Å². The third-order valence-corrected chi connectivity index (χ3v) is 4.62. The van der Waals surface area contributed by atoms with Crippen LogP contribution in [-0.4, -0.2) is 23.9 Å². The van der Waals surface area contributed by atoms with Crippen LogP contribution in [-0.2, 0) is 0 Å². The third-order valence-electron chi connectivity index (χ3n) is 4.62. The van der Waals surface area contributed by atoms with Crippen LogP contribution in [0.3, 0.4) is 0 Å². The Morgan fingerprint density at radius 3 is 2.45 bits per heavy atom. The Morgan fingerprint density at radius 1 is 0.871 bits per heavy atom. The van der Waals surface area contributed by atoms with Crippen molar-refractivity contribution in [3.63, 3.8) is 0 Å². The molecule has 0 aliphatic rings. The van der Waals surface area contributed by atoms with Crippen molar-refractivity contribution in [3.8, 4) is 5.75 Å². The van der Waals surface area contributed by atoms with E-state index in [1.54, 1.807) is 24.3 Å². The van der Waals surface area contributed by atoms with E-state index in [0.29, 0.717) is 28.0 Å². The largest absolute Gasteiger partial charge is 0.495 e. The van der Waals surface area contributed by atoms with Gasteiger partial charge in [0.05, 0.1) is 12.8 Å². The zero-order valence-corrected chi connectivity index (χ0v) is 16.3. The number of ether oxygens (including phenoxy) is 1. The summed E-state index contributed by atoms with van der Waals surface area (Å²) in [6.45, 7) is 0. The lowest BCUT2D eigenvalue weighted by molar-refractivity contribution is 0.101. The zero-order valence-electron chi connectivity index (χ0n) is 16.3. The number of aromatic nitrogens is 1. The lowest BCUT2D eigenvalue weighted by atomic mass is 10.2. The normalized spacial score (nSPS) is 10.7. The number of carbonyl (C=O) groups is 2. The van der Waals surface area contributed by atoms with Crippen LogP contribution in [0.2, 0.25) is 0 Å². The average Bonchev–Trinajstić information content (AvgIpc) is 3.17. The van der Waals surface area contributed by atoms with Gasteiger partial charge in [0.2, 0.25) is 0 Å². The molecular formula is C23H17F2N3O3. The smallest absolute Gasteiger partial charge is 0.272 e. The Hall–Kier alpha value is -4.20. The number of rotatable bonds is 5. The van der Waals surface area contributed by atoms with Crippen LogP contribution in [0.5, 0.6) is 5.75 Å². The van der Waals surface area contributed by atoms with E-state index in [1.165, 1.54) is 43.5 Å². The van der Waals surface area contributed by atoms with E-state index < -0.39 is 23.4 Å². The number of H-pyrrole nitrogens is 1. The van der Waals surface area contributed by atoms with Gasteiger partial charge in [-0.2, -0.15) is 0 Å². The van der Waals surface area contributed by atoms with Crippen molar-refractivity contribution in [3.05, 3.63) is 89.6 Å². The second kappa shape index (κ2) is 8.27. The van der Waals surface area contributed by atoms with Gasteiger partial charge >= 0.3 is 0 Å². The molecule has 0 fully saturated rings. The summed E-state index contributed by atoms with van der Waals surface area (Å²) < 4.78 is 32.0. The molecule has 0 saturated heterocycles. The SMILES string of the molecule is COc1ccc(NC(=O)c2cc3cc(F)ccc3[nH]2)cc1NC(=O)c1cccc(F)c1. The quantitative estimate of drug-likeness (QED) is 0.426. The van der Waals surface area contributed by atoms with Gasteiger partial charge in [-0.15, -0.1) is 0 Å². The first-order valence-corrected chi connectivity index (χ1v) is 9.27. The molecule has 3 aromatic carbocycles. The molecule has 1 aromatic heterocycles. The number of halogens is 2. The monoisotopic (exact) mass is 421 g/mol. The van der Waals surface area contributed by atoms with Crippen molar-refractivity contribution in [1.29, 1.82) is 0 Å². The molecule has 156 valence electrons. The Balaban J connectivity index is 1.56. The highest BCUT2D eigenvalue weighted by atomic mass is 19.1. The lowest BCUT2D eigenvalue weighted by Crippen LogP contribution is -2.15. The Kier molecular flexibility index (Phi) is 5.36. The van der Waals surface area contributed by atoms with Crippen LogP contribution in [0.15, 0.2) is 66.7 Å². The fourth-order valence-corrected chi connectivity index (χ4v) is 3.13. The van der Waals surface area contributed by atoms with Gasteiger partial charge < -0.3 is 20.4 Å². The number of methoxy groups -OCH3 is 1. The summed E-state index contributed by atoms with van der Waals surface area (Å²) in [5, 5.41) is 5.94. The van der Waals surface area contributed by atoms with Crippen LogP contribution >= 0.6 is 0 Å². The topological polar surface area (TPSA) is 83.2 Å². The second-order valence-corrected chi connectivity index (χ2v) is 6.75. The molecule has 2 amide bonds. The maximum absolute atomic E-state index is 13.4. The first-order chi connectivity index (χ1) is 14.9. The van der Waals surface area contributed by atoms with Gasteiger partial charge in [0.1, 0.15) is 23.1 Å². The fourth-order valence-electron chi connectivity index (χ4n) is 3.13. The maximum Gasteiger partial charge on any atom is 0.272 e. The van der Waals surface area contributed by atoms with Crippen LogP contribution in [0.1, 0.15) is 20.8 Å². The van der Waals surface area contributed by atoms with E-state index in [-0.39, 0.29) is 11.3 Å². The average molecular weight is 421 g/mol. The summed E-state index contributed by atoms with van der Waals surface area (Å²) in [6.07, 6.45) is 0. The molecule has 8 heteroatoms. The standard InChI is InChI=1S/C23H17F2N3O3/c1-31-21-8-6-17(12-19(21)28-22(29)13-3-2-4-15(24)9-13)26-23(30)20-11-14-10-16(25)5-7-18(14)27-20/h2-12,27H,1H3,(H,26,30)(H,28,29). The molecule has 0 atom stereocenters. The van der Waals surface area contributed by atoms with Gasteiger partial charge in [0.25, 0.3) is 11.8 Å². The molecule has 0 unspecified atom stereocenters. The highest BCUT2D eigenvalue weighted by molar-refractivity contribution is 6.08. The van der Waals surface area contributed by atoms with Crippen molar-refractivity contribution in [1.82, 2.24) is 4.98 Å². The first kappa shape index (κ1) is 20.1. The van der Waals surface area contributed by atoms with Crippen molar-refractivity contribution in [2.45, 2.75) is 0 Å². The molecule has 3 N–H and O–H groups in total. The van der Waals surface area contributed by atoms with E-state index in [1.807, 2.05) is 0 Å². The lowest BCUT2D eigenvalue weighted by Gasteiger charge is -2.13.